The van der Waals surface area contributed by atoms with Crippen molar-refractivity contribution in [3.63, 3.8) is 0 Å². The average molecular weight is 305 g/mol. The highest BCUT2D eigenvalue weighted by molar-refractivity contribution is 5.77. The molecule has 1 aromatic rings. The summed E-state index contributed by atoms with van der Waals surface area (Å²) in [4.78, 5) is 11.1. The maximum Gasteiger partial charge on any atom is 0.188 e. The first-order valence-corrected chi connectivity index (χ1v) is 8.44. The van der Waals surface area contributed by atoms with Gasteiger partial charge in [0.2, 0.25) is 0 Å². The number of nitrogens with two attached hydrogens (primary N) is 1. The average Bonchev–Trinajstić information content (AvgIpc) is 2.55. The molecule has 0 saturated carbocycles. The number of unbranched alkanes of at least 4 members (excludes halogenated alkanes) is 3. The number of guanidine groups is 1. The molecule has 1 heterocycles. The molecular weight excluding hydrogens is 274 g/mol. The van der Waals surface area contributed by atoms with Crippen molar-refractivity contribution in [1.29, 1.82) is 0 Å². The normalized spacial score (nSPS) is 11.5. The van der Waals surface area contributed by atoms with Gasteiger partial charge in [-0.15, -0.1) is 0 Å². The summed E-state index contributed by atoms with van der Waals surface area (Å²) in [5.74, 6) is 1.53. The predicted octanol–water partition coefficient (Wildman–Crippen LogP) is 2.91. The molecule has 3 N–H and O–H groups in total. The van der Waals surface area contributed by atoms with E-state index in [2.05, 4.69) is 47.0 Å². The molecule has 0 unspecified atom stereocenters. The van der Waals surface area contributed by atoms with Crippen LogP contribution in [0.4, 0.5) is 5.82 Å². The molecule has 1 rings (SSSR count). The fourth-order valence-electron chi connectivity index (χ4n) is 2.25. The molecule has 0 aliphatic carbocycles. The molecule has 0 aliphatic heterocycles. The highest BCUT2D eigenvalue weighted by atomic mass is 15.2. The lowest BCUT2D eigenvalue weighted by Crippen LogP contribution is -2.32. The predicted molar refractivity (Wildman–Crippen MR) is 95.3 cm³/mol. The molecule has 0 aromatic carbocycles. The third kappa shape index (κ3) is 6.78. The number of pyridine rings is 1. The number of rotatable bonds is 10. The van der Waals surface area contributed by atoms with Gasteiger partial charge in [0.25, 0.3) is 0 Å². The van der Waals surface area contributed by atoms with Crippen molar-refractivity contribution < 1.29 is 0 Å². The number of hydrogen-bond acceptors (Lipinski definition) is 3. The molecule has 0 bridgehead atoms. The van der Waals surface area contributed by atoms with Crippen molar-refractivity contribution in [2.75, 3.05) is 24.5 Å². The fraction of sp³-hybridized carbons (Fsp3) is 0.647. The van der Waals surface area contributed by atoms with E-state index < -0.39 is 0 Å². The maximum atomic E-state index is 5.87. The van der Waals surface area contributed by atoms with E-state index in [0.29, 0.717) is 12.5 Å². The molecule has 5 heteroatoms. The van der Waals surface area contributed by atoms with Crippen molar-refractivity contribution in [1.82, 2.24) is 10.3 Å². The smallest absolute Gasteiger partial charge is 0.188 e. The van der Waals surface area contributed by atoms with Crippen LogP contribution in [0, 0.1) is 0 Å². The van der Waals surface area contributed by atoms with Crippen molar-refractivity contribution in [2.24, 2.45) is 10.7 Å². The minimum atomic E-state index is 0.518. The number of anilines is 1. The Bertz CT molecular complexity index is 423. The van der Waals surface area contributed by atoms with Gasteiger partial charge in [-0.2, -0.15) is 0 Å². The van der Waals surface area contributed by atoms with Gasteiger partial charge in [0, 0.05) is 25.8 Å². The van der Waals surface area contributed by atoms with Gasteiger partial charge in [-0.1, -0.05) is 32.3 Å². The molecule has 0 fully saturated rings. The summed E-state index contributed by atoms with van der Waals surface area (Å²) in [5.41, 5.74) is 6.94. The maximum absolute atomic E-state index is 5.87. The second kappa shape index (κ2) is 10.9. The summed E-state index contributed by atoms with van der Waals surface area (Å²) in [6.07, 6.45) is 6.80. The zero-order valence-corrected chi connectivity index (χ0v) is 14.3. The van der Waals surface area contributed by atoms with Crippen LogP contribution in [-0.2, 0) is 6.54 Å². The Balaban J connectivity index is 2.38. The van der Waals surface area contributed by atoms with Crippen LogP contribution in [0.2, 0.25) is 0 Å². The Kier molecular flexibility index (Phi) is 9.03. The van der Waals surface area contributed by atoms with E-state index in [1.165, 1.54) is 19.3 Å². The third-order valence-electron chi connectivity index (χ3n) is 3.66. The quantitative estimate of drug-likeness (QED) is 0.396. The second-order valence-electron chi connectivity index (χ2n) is 5.39. The molecule has 0 radical (unpaired) electrons. The standard InChI is InChI=1S/C17H31N5/c1-4-7-8-9-12-19-17(18)21-14-15-10-11-16(20-13-15)22(5-2)6-3/h10-11,13H,4-9,12,14H2,1-3H3,(H3,18,19,21). The first-order chi connectivity index (χ1) is 10.7. The number of aromatic nitrogens is 1. The van der Waals surface area contributed by atoms with Crippen LogP contribution in [0.1, 0.15) is 52.0 Å². The minimum Gasteiger partial charge on any atom is -0.370 e. The van der Waals surface area contributed by atoms with Crippen LogP contribution in [0.15, 0.2) is 23.3 Å². The van der Waals surface area contributed by atoms with Gasteiger partial charge in [-0.05, 0) is 31.9 Å². The van der Waals surface area contributed by atoms with Crippen molar-refractivity contribution >= 4 is 11.8 Å². The zero-order chi connectivity index (χ0) is 16.2. The first-order valence-electron chi connectivity index (χ1n) is 8.44. The molecule has 22 heavy (non-hydrogen) atoms. The Morgan fingerprint density at radius 1 is 1.18 bits per heavy atom. The van der Waals surface area contributed by atoms with E-state index >= 15 is 0 Å². The topological polar surface area (TPSA) is 66.5 Å². The fourth-order valence-corrected chi connectivity index (χ4v) is 2.25. The monoisotopic (exact) mass is 305 g/mol. The molecule has 1 aromatic heterocycles. The molecule has 0 aliphatic rings. The summed E-state index contributed by atoms with van der Waals surface area (Å²) in [7, 11) is 0. The van der Waals surface area contributed by atoms with Crippen LogP contribution in [0.25, 0.3) is 0 Å². The Morgan fingerprint density at radius 2 is 1.95 bits per heavy atom. The summed E-state index contributed by atoms with van der Waals surface area (Å²) >= 11 is 0. The lowest BCUT2D eigenvalue weighted by Gasteiger charge is -2.19. The SMILES string of the molecule is CCCCCCNC(N)=NCc1ccc(N(CC)CC)nc1. The van der Waals surface area contributed by atoms with E-state index in [4.69, 9.17) is 5.73 Å². The van der Waals surface area contributed by atoms with Gasteiger partial charge in [0.15, 0.2) is 5.96 Å². The van der Waals surface area contributed by atoms with Crippen LogP contribution in [-0.4, -0.2) is 30.6 Å². The first kappa shape index (κ1) is 18.3. The zero-order valence-electron chi connectivity index (χ0n) is 14.3. The van der Waals surface area contributed by atoms with Crippen LogP contribution in [0.3, 0.4) is 0 Å². The number of aliphatic imine (C=N–C) groups is 1. The molecule has 0 spiro atoms. The van der Waals surface area contributed by atoms with Crippen molar-refractivity contribution in [2.45, 2.75) is 53.0 Å². The highest BCUT2D eigenvalue weighted by Crippen LogP contribution is 2.11. The molecule has 0 amide bonds. The van der Waals surface area contributed by atoms with E-state index in [1.54, 1.807) is 0 Å². The summed E-state index contributed by atoms with van der Waals surface area (Å²) < 4.78 is 0. The number of nitrogens with zero attached hydrogens (tertiary/aromatic N) is 3. The minimum absolute atomic E-state index is 0.518. The molecular formula is C17H31N5. The van der Waals surface area contributed by atoms with E-state index in [-0.39, 0.29) is 0 Å². The molecule has 0 saturated heterocycles. The van der Waals surface area contributed by atoms with Gasteiger partial charge < -0.3 is 16.0 Å². The summed E-state index contributed by atoms with van der Waals surface area (Å²) in [5, 5.41) is 3.16. The van der Waals surface area contributed by atoms with Gasteiger partial charge in [-0.3, -0.25) is 0 Å². The summed E-state index contributed by atoms with van der Waals surface area (Å²) in [6, 6.07) is 4.12. The second-order valence-corrected chi connectivity index (χ2v) is 5.39. The largest absolute Gasteiger partial charge is 0.370 e. The van der Waals surface area contributed by atoms with E-state index in [0.717, 1.165) is 37.4 Å². The number of hydrogen-bond donors (Lipinski definition) is 2. The number of nitrogens with one attached hydrogen (secondary N) is 1. The van der Waals surface area contributed by atoms with Gasteiger partial charge in [-0.25, -0.2) is 9.98 Å². The Labute approximate surface area is 135 Å². The lowest BCUT2D eigenvalue weighted by molar-refractivity contribution is 0.652. The molecule has 0 atom stereocenters. The van der Waals surface area contributed by atoms with E-state index in [9.17, 15) is 0 Å². The highest BCUT2D eigenvalue weighted by Gasteiger charge is 2.02. The van der Waals surface area contributed by atoms with Crippen LogP contribution < -0.4 is 16.0 Å². The van der Waals surface area contributed by atoms with Crippen LogP contribution in [0.5, 0.6) is 0 Å². The van der Waals surface area contributed by atoms with Crippen LogP contribution >= 0.6 is 0 Å². The Hall–Kier alpha value is -1.78. The lowest BCUT2D eigenvalue weighted by atomic mass is 10.2. The molecule has 5 nitrogen and oxygen atoms in total. The van der Waals surface area contributed by atoms with Gasteiger partial charge in [0.1, 0.15) is 5.82 Å². The molecule has 124 valence electrons. The third-order valence-corrected chi connectivity index (χ3v) is 3.66. The summed E-state index contributed by atoms with van der Waals surface area (Å²) in [6.45, 7) is 9.88. The van der Waals surface area contributed by atoms with Crippen molar-refractivity contribution in [3.05, 3.63) is 23.9 Å². The van der Waals surface area contributed by atoms with Crippen molar-refractivity contribution in [3.8, 4) is 0 Å². The van der Waals surface area contributed by atoms with E-state index in [1.807, 2.05) is 12.3 Å². The Morgan fingerprint density at radius 3 is 2.55 bits per heavy atom. The van der Waals surface area contributed by atoms with Gasteiger partial charge in [0.05, 0.1) is 6.54 Å². The van der Waals surface area contributed by atoms with Gasteiger partial charge >= 0.3 is 0 Å².